The summed E-state index contributed by atoms with van der Waals surface area (Å²) in [5.41, 5.74) is 0. The molecule has 0 saturated carbocycles. The van der Waals surface area contributed by atoms with Gasteiger partial charge in [0.1, 0.15) is 12.1 Å². The van der Waals surface area contributed by atoms with Crippen LogP contribution in [0.1, 0.15) is 59.8 Å². The quantitative estimate of drug-likeness (QED) is 0.620. The summed E-state index contributed by atoms with van der Waals surface area (Å²) in [6.45, 7) is 8.12. The molecule has 0 aromatic rings. The number of nitrogens with zero attached hydrogens (tertiary/aromatic N) is 2. The van der Waals surface area contributed by atoms with Gasteiger partial charge in [-0.25, -0.2) is 0 Å². The molecule has 2 heterocycles. The second-order valence-electron chi connectivity index (χ2n) is 8.05. The number of hydrogen-bond acceptors (Lipinski definition) is 5. The molecule has 28 heavy (non-hydrogen) atoms. The van der Waals surface area contributed by atoms with Gasteiger partial charge in [0.2, 0.25) is 17.7 Å². The lowest BCUT2D eigenvalue weighted by atomic mass is 10.0. The van der Waals surface area contributed by atoms with Crippen LogP contribution in [0.25, 0.3) is 0 Å². The van der Waals surface area contributed by atoms with Crippen LogP contribution in [0.4, 0.5) is 0 Å². The Balaban J connectivity index is 2.09. The van der Waals surface area contributed by atoms with Gasteiger partial charge in [0.15, 0.2) is 5.78 Å². The fraction of sp³-hybridized carbons (Fsp3) is 0.800. The summed E-state index contributed by atoms with van der Waals surface area (Å²) in [7, 11) is 0. The van der Waals surface area contributed by atoms with Crippen LogP contribution in [0, 0.1) is 5.92 Å². The average Bonchev–Trinajstić information content (AvgIpc) is 3.34. The molecule has 3 amide bonds. The van der Waals surface area contributed by atoms with E-state index in [0.717, 1.165) is 19.3 Å². The van der Waals surface area contributed by atoms with Crippen molar-refractivity contribution in [2.24, 2.45) is 5.92 Å². The van der Waals surface area contributed by atoms with Crippen molar-refractivity contribution in [1.82, 2.24) is 15.1 Å². The summed E-state index contributed by atoms with van der Waals surface area (Å²) in [4.78, 5) is 53.4. The Morgan fingerprint density at radius 1 is 1.04 bits per heavy atom. The summed E-state index contributed by atoms with van der Waals surface area (Å²) >= 11 is 4.49. The Morgan fingerprint density at radius 2 is 1.61 bits per heavy atom. The number of nitrogens with one attached hydrogen (secondary N) is 1. The molecule has 2 aliphatic heterocycles. The summed E-state index contributed by atoms with van der Waals surface area (Å²) in [6, 6.07) is -1.67. The highest BCUT2D eigenvalue weighted by Crippen LogP contribution is 2.27. The van der Waals surface area contributed by atoms with E-state index in [9.17, 15) is 19.2 Å². The smallest absolute Gasteiger partial charge is 0.246 e. The van der Waals surface area contributed by atoms with Crippen molar-refractivity contribution in [2.45, 2.75) is 83.2 Å². The van der Waals surface area contributed by atoms with Crippen LogP contribution in [0.5, 0.6) is 0 Å². The summed E-state index contributed by atoms with van der Waals surface area (Å²) < 4.78 is 0. The van der Waals surface area contributed by atoms with Crippen molar-refractivity contribution < 1.29 is 19.2 Å². The maximum Gasteiger partial charge on any atom is 0.246 e. The number of carbonyl (C=O) groups is 4. The van der Waals surface area contributed by atoms with Gasteiger partial charge in [-0.15, -0.1) is 0 Å². The number of hydrogen-bond donors (Lipinski definition) is 2. The van der Waals surface area contributed by atoms with E-state index < -0.39 is 23.4 Å². The minimum atomic E-state index is -0.576. The van der Waals surface area contributed by atoms with Crippen molar-refractivity contribution in [1.29, 1.82) is 0 Å². The van der Waals surface area contributed by atoms with E-state index in [1.165, 1.54) is 6.92 Å². The van der Waals surface area contributed by atoms with Crippen LogP contribution in [0.3, 0.4) is 0 Å². The van der Waals surface area contributed by atoms with Crippen LogP contribution >= 0.6 is 12.6 Å². The maximum absolute atomic E-state index is 13.2. The summed E-state index contributed by atoms with van der Waals surface area (Å²) in [6.07, 6.45) is 3.54. The first kappa shape index (κ1) is 22.7. The summed E-state index contributed by atoms with van der Waals surface area (Å²) in [5.74, 6) is -0.550. The lowest BCUT2D eigenvalue weighted by Crippen LogP contribution is -2.55. The fourth-order valence-corrected chi connectivity index (χ4v) is 4.19. The van der Waals surface area contributed by atoms with Gasteiger partial charge in [-0.05, 0) is 45.4 Å². The molecule has 2 aliphatic rings. The van der Waals surface area contributed by atoms with Gasteiger partial charge in [-0.3, -0.25) is 19.2 Å². The first-order valence-electron chi connectivity index (χ1n) is 10.3. The molecular formula is C20H33N3O4S. The second-order valence-corrected chi connectivity index (χ2v) is 8.61. The van der Waals surface area contributed by atoms with E-state index >= 15 is 0 Å². The molecular weight excluding hydrogens is 378 g/mol. The zero-order valence-electron chi connectivity index (χ0n) is 17.3. The normalized spacial score (nSPS) is 25.3. The Hall–Kier alpha value is -1.57. The van der Waals surface area contributed by atoms with Gasteiger partial charge in [0, 0.05) is 13.1 Å². The third kappa shape index (κ3) is 4.88. The van der Waals surface area contributed by atoms with Gasteiger partial charge < -0.3 is 15.1 Å². The molecule has 0 spiro atoms. The summed E-state index contributed by atoms with van der Waals surface area (Å²) in [5, 5.41) is 2.27. The Bertz CT molecular complexity index is 627. The van der Waals surface area contributed by atoms with E-state index in [1.807, 2.05) is 13.8 Å². The number of Topliss-reactive ketones (excluding diaryl/α,β-unsaturated/α-hetero) is 1. The highest BCUT2D eigenvalue weighted by atomic mass is 32.1. The van der Waals surface area contributed by atoms with Gasteiger partial charge in [0.05, 0.1) is 11.3 Å². The highest BCUT2D eigenvalue weighted by Gasteiger charge is 2.43. The number of ketones is 1. The van der Waals surface area contributed by atoms with E-state index in [0.29, 0.717) is 25.9 Å². The van der Waals surface area contributed by atoms with Crippen molar-refractivity contribution >= 4 is 36.1 Å². The number of carbonyl (C=O) groups excluding carboxylic acids is 4. The minimum Gasteiger partial charge on any atom is -0.345 e. The molecule has 158 valence electrons. The van der Waals surface area contributed by atoms with Crippen molar-refractivity contribution in [3.05, 3.63) is 0 Å². The molecule has 2 saturated heterocycles. The first-order chi connectivity index (χ1) is 13.2. The molecule has 8 heteroatoms. The zero-order chi connectivity index (χ0) is 21.0. The lowest BCUT2D eigenvalue weighted by Gasteiger charge is -2.33. The van der Waals surface area contributed by atoms with Crippen molar-refractivity contribution in [2.75, 3.05) is 13.1 Å². The number of thiol groups is 1. The van der Waals surface area contributed by atoms with Crippen LogP contribution < -0.4 is 5.32 Å². The van der Waals surface area contributed by atoms with E-state index in [-0.39, 0.29) is 29.4 Å². The first-order valence-corrected chi connectivity index (χ1v) is 10.8. The van der Waals surface area contributed by atoms with Crippen molar-refractivity contribution in [3.63, 3.8) is 0 Å². The van der Waals surface area contributed by atoms with Crippen molar-refractivity contribution in [3.8, 4) is 0 Å². The predicted molar refractivity (Wildman–Crippen MR) is 110 cm³/mol. The number of amides is 3. The second kappa shape index (κ2) is 9.76. The molecule has 5 unspecified atom stereocenters. The molecule has 0 bridgehead atoms. The lowest BCUT2D eigenvalue weighted by molar-refractivity contribution is -0.146. The maximum atomic E-state index is 13.2. The Labute approximate surface area is 173 Å². The zero-order valence-corrected chi connectivity index (χ0v) is 18.2. The molecule has 7 nitrogen and oxygen atoms in total. The molecule has 0 aromatic heterocycles. The molecule has 0 aromatic carbocycles. The van der Waals surface area contributed by atoms with Crippen LogP contribution in [0.15, 0.2) is 0 Å². The van der Waals surface area contributed by atoms with Crippen LogP contribution in [0.2, 0.25) is 0 Å². The fourth-order valence-electron chi connectivity index (χ4n) is 3.83. The Kier molecular flexibility index (Phi) is 7.92. The minimum absolute atomic E-state index is 0.0982. The van der Waals surface area contributed by atoms with E-state index in [2.05, 4.69) is 17.9 Å². The topological polar surface area (TPSA) is 86.8 Å². The molecule has 0 radical (unpaired) electrons. The average molecular weight is 412 g/mol. The molecule has 1 N–H and O–H groups in total. The van der Waals surface area contributed by atoms with Gasteiger partial charge in [-0.1, -0.05) is 20.3 Å². The highest BCUT2D eigenvalue weighted by molar-refractivity contribution is 7.81. The molecule has 2 fully saturated rings. The van der Waals surface area contributed by atoms with Gasteiger partial charge >= 0.3 is 0 Å². The predicted octanol–water partition coefficient (Wildman–Crippen LogP) is 1.41. The van der Waals surface area contributed by atoms with Gasteiger partial charge in [0.25, 0.3) is 0 Å². The van der Waals surface area contributed by atoms with Crippen LogP contribution in [-0.4, -0.2) is 69.8 Å². The third-order valence-electron chi connectivity index (χ3n) is 6.06. The standard InChI is InChI=1S/C20H33N3O4S/c1-5-12(2)17(28)20(27)23-11-7-9-16(23)19(26)22-10-6-8-15(22)18(25)21-13(3)14(4)24/h12-13,15-17,28H,5-11H2,1-4H3,(H,21,25). The molecule has 0 aliphatic carbocycles. The Morgan fingerprint density at radius 3 is 2.18 bits per heavy atom. The number of rotatable bonds is 7. The largest absolute Gasteiger partial charge is 0.345 e. The molecule has 2 rings (SSSR count). The van der Waals surface area contributed by atoms with E-state index in [4.69, 9.17) is 0 Å². The van der Waals surface area contributed by atoms with E-state index in [1.54, 1.807) is 16.7 Å². The molecule has 5 atom stereocenters. The SMILES string of the molecule is CCC(C)C(S)C(=O)N1CCCC1C(=O)N1CCCC1C(=O)NC(C)C(C)=O. The van der Waals surface area contributed by atoms with Gasteiger partial charge in [-0.2, -0.15) is 12.6 Å². The van der Waals surface area contributed by atoms with Crippen LogP contribution in [-0.2, 0) is 19.2 Å². The monoisotopic (exact) mass is 411 g/mol. The third-order valence-corrected chi connectivity index (χ3v) is 6.79. The number of likely N-dealkylation sites (tertiary alicyclic amines) is 2.